The lowest BCUT2D eigenvalue weighted by Crippen LogP contribution is -2.28. The molecule has 0 radical (unpaired) electrons. The number of carbonyl (C=O) groups is 1. The molecule has 0 saturated carbocycles. The number of rotatable bonds is 6. The van der Waals surface area contributed by atoms with E-state index in [-0.39, 0.29) is 18.9 Å². The first-order valence-electron chi connectivity index (χ1n) is 9.88. The highest BCUT2D eigenvalue weighted by atomic mass is 19.1. The first-order valence-corrected chi connectivity index (χ1v) is 9.88. The molecule has 1 atom stereocenters. The van der Waals surface area contributed by atoms with Crippen molar-refractivity contribution >= 4 is 17.4 Å². The highest BCUT2D eigenvalue weighted by Crippen LogP contribution is 2.30. The van der Waals surface area contributed by atoms with Crippen LogP contribution in [0, 0.1) is 5.82 Å². The summed E-state index contributed by atoms with van der Waals surface area (Å²) in [7, 11) is 0. The van der Waals surface area contributed by atoms with Gasteiger partial charge in [0, 0.05) is 30.1 Å². The Bertz CT molecular complexity index is 1000. The molecule has 0 aliphatic carbocycles. The number of ether oxygens (including phenoxy) is 1. The summed E-state index contributed by atoms with van der Waals surface area (Å²) >= 11 is 0. The van der Waals surface area contributed by atoms with Gasteiger partial charge in [-0.2, -0.15) is 0 Å². The summed E-state index contributed by atoms with van der Waals surface area (Å²) in [4.78, 5) is 18.4. The number of carbonyl (C=O) groups excluding carboxylic acids is 1. The maximum atomic E-state index is 14.9. The zero-order valence-corrected chi connectivity index (χ0v) is 16.4. The van der Waals surface area contributed by atoms with Crippen LogP contribution in [0.5, 0.6) is 0 Å². The van der Waals surface area contributed by atoms with Crippen molar-refractivity contribution in [3.63, 3.8) is 0 Å². The summed E-state index contributed by atoms with van der Waals surface area (Å²) in [5.74, 6) is -0.360. The second kappa shape index (κ2) is 8.98. The smallest absolute Gasteiger partial charge is 0.414 e. The Labute approximate surface area is 174 Å². The second-order valence-electron chi connectivity index (χ2n) is 7.39. The van der Waals surface area contributed by atoms with Crippen LogP contribution in [0.1, 0.15) is 17.5 Å². The van der Waals surface area contributed by atoms with Crippen molar-refractivity contribution in [3.05, 3.63) is 82.0 Å². The average Bonchev–Trinajstić information content (AvgIpc) is 3.14. The highest BCUT2D eigenvalue weighted by Gasteiger charge is 2.32. The molecule has 0 spiro atoms. The molecule has 30 heavy (non-hydrogen) atoms. The number of amides is 1. The molecule has 2 heterocycles. The van der Waals surface area contributed by atoms with Gasteiger partial charge in [0.25, 0.3) is 0 Å². The van der Waals surface area contributed by atoms with Crippen molar-refractivity contribution < 1.29 is 13.9 Å². The molecular formula is C22H22FN5O2. The third-order valence-electron chi connectivity index (χ3n) is 5.38. The molecule has 4 rings (SSSR count). The molecule has 0 unspecified atom stereocenters. The number of halogens is 1. The summed E-state index contributed by atoms with van der Waals surface area (Å²) < 4.78 is 20.0. The van der Waals surface area contributed by atoms with Crippen LogP contribution in [0.3, 0.4) is 0 Å². The number of hydrogen-bond donors (Lipinski definition) is 0. The Morgan fingerprint density at radius 2 is 2.07 bits per heavy atom. The van der Waals surface area contributed by atoms with Crippen LogP contribution in [0.4, 0.5) is 14.9 Å². The van der Waals surface area contributed by atoms with E-state index in [4.69, 9.17) is 10.3 Å². The van der Waals surface area contributed by atoms with E-state index in [1.54, 1.807) is 12.1 Å². The Balaban J connectivity index is 1.42. The van der Waals surface area contributed by atoms with Crippen molar-refractivity contribution in [2.45, 2.75) is 19.1 Å². The molecular weight excluding hydrogens is 385 g/mol. The first-order chi connectivity index (χ1) is 14.6. The van der Waals surface area contributed by atoms with E-state index < -0.39 is 12.2 Å². The average molecular weight is 407 g/mol. The second-order valence-corrected chi connectivity index (χ2v) is 7.39. The molecule has 8 heteroatoms. The van der Waals surface area contributed by atoms with E-state index >= 15 is 0 Å². The fraction of sp³-hybridized carbons (Fsp3) is 0.318. The molecule has 2 aromatic rings. The number of nitrogens with zero attached hydrogens (tertiary/aromatic N) is 5. The van der Waals surface area contributed by atoms with Crippen LogP contribution in [0.15, 0.2) is 59.7 Å². The molecule has 2 aliphatic rings. The molecule has 1 amide bonds. The summed E-state index contributed by atoms with van der Waals surface area (Å²) in [6, 6.07) is 15.1. The maximum Gasteiger partial charge on any atom is 0.414 e. The summed E-state index contributed by atoms with van der Waals surface area (Å²) in [6.45, 7) is 2.80. The van der Waals surface area contributed by atoms with Crippen molar-refractivity contribution in [2.75, 3.05) is 31.1 Å². The van der Waals surface area contributed by atoms with Gasteiger partial charge >= 0.3 is 6.09 Å². The summed E-state index contributed by atoms with van der Waals surface area (Å²) in [5, 5.41) is 3.43. The minimum absolute atomic E-state index is 0.0612. The number of azide groups is 1. The van der Waals surface area contributed by atoms with Gasteiger partial charge in [0.2, 0.25) is 0 Å². The molecule has 0 aromatic heterocycles. The molecule has 2 aromatic carbocycles. The largest absolute Gasteiger partial charge is 0.444 e. The topological polar surface area (TPSA) is 81.5 Å². The third kappa shape index (κ3) is 4.45. The van der Waals surface area contributed by atoms with Crippen molar-refractivity contribution in [1.29, 1.82) is 0 Å². The van der Waals surface area contributed by atoms with Gasteiger partial charge in [-0.05, 0) is 41.3 Å². The Morgan fingerprint density at radius 1 is 1.23 bits per heavy atom. The summed E-state index contributed by atoms with van der Waals surface area (Å²) in [6.07, 6.45) is 1.76. The van der Waals surface area contributed by atoms with Crippen LogP contribution < -0.4 is 4.90 Å². The third-order valence-corrected chi connectivity index (χ3v) is 5.38. The molecule has 2 aliphatic heterocycles. The van der Waals surface area contributed by atoms with Gasteiger partial charge < -0.3 is 4.74 Å². The van der Waals surface area contributed by atoms with E-state index in [0.717, 1.165) is 31.6 Å². The Kier molecular flexibility index (Phi) is 5.97. The number of cyclic esters (lactones) is 1. The SMILES string of the molecule is [N-]=[N+]=NC[C@H]1CN(c2ccc(C3=CCN(Cc4ccccc4)CC3)c(F)c2)C(=O)O1. The lowest BCUT2D eigenvalue weighted by molar-refractivity contribution is 0.145. The summed E-state index contributed by atoms with van der Waals surface area (Å²) in [5.41, 5.74) is 11.7. The molecule has 1 fully saturated rings. The van der Waals surface area contributed by atoms with E-state index in [1.165, 1.54) is 16.5 Å². The van der Waals surface area contributed by atoms with Gasteiger partial charge in [0.1, 0.15) is 11.9 Å². The zero-order valence-electron chi connectivity index (χ0n) is 16.4. The van der Waals surface area contributed by atoms with Gasteiger partial charge in [-0.1, -0.05) is 41.5 Å². The predicted octanol–water partition coefficient (Wildman–Crippen LogP) is 4.75. The lowest BCUT2D eigenvalue weighted by Gasteiger charge is -2.27. The van der Waals surface area contributed by atoms with Gasteiger partial charge in [0.05, 0.1) is 18.8 Å². The minimum atomic E-state index is -0.561. The monoisotopic (exact) mass is 407 g/mol. The Morgan fingerprint density at radius 3 is 2.77 bits per heavy atom. The van der Waals surface area contributed by atoms with E-state index in [2.05, 4.69) is 33.1 Å². The van der Waals surface area contributed by atoms with Gasteiger partial charge in [-0.15, -0.1) is 0 Å². The van der Waals surface area contributed by atoms with Gasteiger partial charge in [-0.25, -0.2) is 9.18 Å². The fourth-order valence-electron chi connectivity index (χ4n) is 3.83. The first kappa shape index (κ1) is 19.9. The number of benzene rings is 2. The molecule has 1 saturated heterocycles. The van der Waals surface area contributed by atoms with Crippen LogP contribution in [0.25, 0.3) is 16.0 Å². The van der Waals surface area contributed by atoms with Crippen LogP contribution in [0.2, 0.25) is 0 Å². The van der Waals surface area contributed by atoms with Crippen LogP contribution >= 0.6 is 0 Å². The molecule has 0 bridgehead atoms. The van der Waals surface area contributed by atoms with Crippen LogP contribution in [-0.4, -0.2) is 43.3 Å². The normalized spacial score (nSPS) is 19.2. The highest BCUT2D eigenvalue weighted by molar-refractivity contribution is 5.90. The Hall–Kier alpha value is -3.35. The van der Waals surface area contributed by atoms with Crippen molar-refractivity contribution in [2.24, 2.45) is 5.11 Å². The van der Waals surface area contributed by atoms with Gasteiger partial charge in [0.15, 0.2) is 0 Å². The van der Waals surface area contributed by atoms with E-state index in [0.29, 0.717) is 11.3 Å². The molecule has 7 nitrogen and oxygen atoms in total. The van der Waals surface area contributed by atoms with E-state index in [1.807, 2.05) is 18.2 Å². The fourth-order valence-corrected chi connectivity index (χ4v) is 3.83. The standard InChI is InChI=1S/C22H22FN5O2/c23-21-12-18(28-15-19(13-25-26-24)30-22(28)29)6-7-20(21)17-8-10-27(11-9-17)14-16-4-2-1-3-5-16/h1-8,12,19H,9-11,13-15H2/t19-/m0/s1. The van der Waals surface area contributed by atoms with E-state index in [9.17, 15) is 9.18 Å². The maximum absolute atomic E-state index is 14.9. The number of anilines is 1. The number of hydrogen-bond acceptors (Lipinski definition) is 4. The lowest BCUT2D eigenvalue weighted by atomic mass is 9.98. The van der Waals surface area contributed by atoms with Gasteiger partial charge in [-0.3, -0.25) is 9.80 Å². The minimum Gasteiger partial charge on any atom is -0.444 e. The van der Waals surface area contributed by atoms with Crippen molar-refractivity contribution in [3.8, 4) is 0 Å². The molecule has 154 valence electrons. The molecule has 0 N–H and O–H groups in total. The van der Waals surface area contributed by atoms with Crippen molar-refractivity contribution in [1.82, 2.24) is 4.90 Å². The predicted molar refractivity (Wildman–Crippen MR) is 112 cm³/mol. The quantitative estimate of drug-likeness (QED) is 0.394. The zero-order chi connectivity index (χ0) is 20.9. The van der Waals surface area contributed by atoms with Crippen LogP contribution in [-0.2, 0) is 11.3 Å².